The highest BCUT2D eigenvalue weighted by atomic mass is 16.8. The van der Waals surface area contributed by atoms with Gasteiger partial charge in [-0.3, -0.25) is 0 Å². The molecule has 5 N–H and O–H groups in total. The highest BCUT2D eigenvalue weighted by Crippen LogP contribution is 2.28. The molecule has 9 nitrogen and oxygen atoms in total. The Morgan fingerprint density at radius 1 is 1.22 bits per heavy atom. The van der Waals surface area contributed by atoms with Gasteiger partial charge in [-0.2, -0.15) is 0 Å². The van der Waals surface area contributed by atoms with Crippen molar-refractivity contribution < 1.29 is 39.8 Å². The molecule has 23 heavy (non-hydrogen) atoms. The molecular formula is C14H19NO8. The lowest BCUT2D eigenvalue weighted by atomic mass is 9.99. The van der Waals surface area contributed by atoms with Gasteiger partial charge in [0.05, 0.1) is 19.9 Å². The Kier molecular flexibility index (Phi) is 5.74. The summed E-state index contributed by atoms with van der Waals surface area (Å²) >= 11 is 0. The zero-order valence-electron chi connectivity index (χ0n) is 12.3. The van der Waals surface area contributed by atoms with E-state index in [4.69, 9.17) is 19.4 Å². The van der Waals surface area contributed by atoms with Gasteiger partial charge in [0.15, 0.2) is 11.5 Å². The number of hydrogen-bond donors (Lipinski definition) is 5. The number of oxime groups is 1. The monoisotopic (exact) mass is 329 g/mol. The van der Waals surface area contributed by atoms with Gasteiger partial charge < -0.3 is 39.8 Å². The number of ether oxygens (including phenoxy) is 2. The smallest absolute Gasteiger partial charge is 0.256 e. The van der Waals surface area contributed by atoms with Crippen molar-refractivity contribution in [3.8, 4) is 11.5 Å². The molecule has 5 atom stereocenters. The van der Waals surface area contributed by atoms with Crippen LogP contribution in [-0.4, -0.2) is 76.2 Å². The number of hydrogen-bond acceptors (Lipinski definition) is 9. The summed E-state index contributed by atoms with van der Waals surface area (Å²) in [6.07, 6.45) is -5.87. The van der Waals surface area contributed by atoms with Gasteiger partial charge in [-0.25, -0.2) is 0 Å². The molecular weight excluding hydrogens is 310 g/mol. The average molecular weight is 329 g/mol. The molecule has 0 bridgehead atoms. The first kappa shape index (κ1) is 17.4. The molecule has 0 aliphatic carbocycles. The molecule has 1 aromatic rings. The number of methoxy groups -OCH3 is 1. The number of phenolic OH excluding ortho intramolecular Hbond substituents is 1. The van der Waals surface area contributed by atoms with Gasteiger partial charge in [-0.1, -0.05) is 11.2 Å². The molecule has 1 aromatic carbocycles. The van der Waals surface area contributed by atoms with Crippen molar-refractivity contribution in [1.82, 2.24) is 0 Å². The van der Waals surface area contributed by atoms with Crippen LogP contribution in [0.3, 0.4) is 0 Å². The van der Waals surface area contributed by atoms with Crippen LogP contribution in [0.5, 0.6) is 11.5 Å². The lowest BCUT2D eigenvalue weighted by Gasteiger charge is -2.38. The van der Waals surface area contributed by atoms with E-state index in [2.05, 4.69) is 5.16 Å². The minimum Gasteiger partial charge on any atom is -0.504 e. The van der Waals surface area contributed by atoms with Crippen molar-refractivity contribution in [2.75, 3.05) is 13.7 Å². The molecule has 2 rings (SSSR count). The second-order valence-corrected chi connectivity index (χ2v) is 4.94. The lowest BCUT2D eigenvalue weighted by molar-refractivity contribution is -0.301. The van der Waals surface area contributed by atoms with Gasteiger partial charge in [-0.15, -0.1) is 0 Å². The van der Waals surface area contributed by atoms with Crippen molar-refractivity contribution in [3.63, 3.8) is 0 Å². The maximum atomic E-state index is 9.88. The van der Waals surface area contributed by atoms with Gasteiger partial charge in [0.25, 0.3) is 6.29 Å². The number of aliphatic hydroxyl groups is 4. The zero-order chi connectivity index (χ0) is 17.0. The summed E-state index contributed by atoms with van der Waals surface area (Å²) in [6.45, 7) is -0.564. The van der Waals surface area contributed by atoms with Crippen LogP contribution >= 0.6 is 0 Å². The number of aliphatic hydroxyl groups excluding tert-OH is 4. The minimum absolute atomic E-state index is 0.142. The molecule has 0 saturated carbocycles. The van der Waals surface area contributed by atoms with E-state index < -0.39 is 37.3 Å². The van der Waals surface area contributed by atoms with Crippen LogP contribution in [0.1, 0.15) is 5.56 Å². The first-order valence-corrected chi connectivity index (χ1v) is 6.85. The fourth-order valence-corrected chi connectivity index (χ4v) is 2.11. The lowest BCUT2D eigenvalue weighted by Crippen LogP contribution is -2.58. The van der Waals surface area contributed by atoms with E-state index in [-0.39, 0.29) is 11.5 Å². The fourth-order valence-electron chi connectivity index (χ4n) is 2.11. The first-order valence-electron chi connectivity index (χ1n) is 6.85. The van der Waals surface area contributed by atoms with E-state index in [1.165, 1.54) is 13.3 Å². The van der Waals surface area contributed by atoms with E-state index in [1.54, 1.807) is 18.2 Å². The maximum absolute atomic E-state index is 9.88. The Labute approximate surface area is 132 Å². The van der Waals surface area contributed by atoms with Gasteiger partial charge in [0.1, 0.15) is 24.4 Å². The molecule has 1 heterocycles. The molecule has 0 aromatic heterocycles. The fraction of sp³-hybridized carbons (Fsp3) is 0.500. The molecule has 3 unspecified atom stereocenters. The Morgan fingerprint density at radius 2 is 1.96 bits per heavy atom. The Hall–Kier alpha value is -1.91. The molecule has 1 aliphatic heterocycles. The van der Waals surface area contributed by atoms with Crippen molar-refractivity contribution in [3.05, 3.63) is 23.8 Å². The summed E-state index contributed by atoms with van der Waals surface area (Å²) in [7, 11) is 1.40. The quantitative estimate of drug-likeness (QED) is 0.326. The van der Waals surface area contributed by atoms with Gasteiger partial charge >= 0.3 is 0 Å². The summed E-state index contributed by atoms with van der Waals surface area (Å²) < 4.78 is 10.1. The molecule has 0 radical (unpaired) electrons. The SMILES string of the molecule is COc1cccc(/C=N/O[C@@H]2OC(CO)C(O)[C@H](O)C2O)c1O. The summed E-state index contributed by atoms with van der Waals surface area (Å²) in [4.78, 5) is 4.94. The van der Waals surface area contributed by atoms with E-state index >= 15 is 0 Å². The molecule has 9 heteroatoms. The predicted octanol–water partition coefficient (Wildman–Crippen LogP) is -1.45. The van der Waals surface area contributed by atoms with E-state index in [1.807, 2.05) is 0 Å². The predicted molar refractivity (Wildman–Crippen MR) is 77.1 cm³/mol. The number of nitrogens with zero attached hydrogens (tertiary/aromatic N) is 1. The standard InChI is InChI=1S/C14H19NO8/c1-21-8-4-2-3-7(10(8)17)5-15-23-14-13(20)12(19)11(18)9(6-16)22-14/h2-5,9,11-14,16-20H,6H2,1H3/b15-5+/t9?,11?,12-,13?,14-/m0/s1. The van der Waals surface area contributed by atoms with Crippen LogP contribution in [0, 0.1) is 0 Å². The molecule has 1 aliphatic rings. The van der Waals surface area contributed by atoms with Crippen molar-refractivity contribution in [2.24, 2.45) is 5.16 Å². The maximum Gasteiger partial charge on any atom is 0.256 e. The largest absolute Gasteiger partial charge is 0.504 e. The van der Waals surface area contributed by atoms with Gasteiger partial charge in [-0.05, 0) is 12.1 Å². The molecule has 0 spiro atoms. The van der Waals surface area contributed by atoms with Crippen LogP contribution in [0.2, 0.25) is 0 Å². The van der Waals surface area contributed by atoms with Gasteiger partial charge in [0.2, 0.25) is 0 Å². The van der Waals surface area contributed by atoms with Crippen molar-refractivity contribution in [1.29, 1.82) is 0 Å². The van der Waals surface area contributed by atoms with Crippen LogP contribution in [0.4, 0.5) is 0 Å². The topological polar surface area (TPSA) is 141 Å². The molecule has 1 fully saturated rings. The van der Waals surface area contributed by atoms with Crippen LogP contribution in [0.15, 0.2) is 23.4 Å². The third-order valence-electron chi connectivity index (χ3n) is 3.46. The summed E-state index contributed by atoms with van der Waals surface area (Å²) in [5.74, 6) is 0.109. The highest BCUT2D eigenvalue weighted by molar-refractivity contribution is 5.84. The summed E-state index contributed by atoms with van der Waals surface area (Å²) in [6, 6.07) is 4.75. The zero-order valence-corrected chi connectivity index (χ0v) is 12.3. The number of para-hydroxylation sites is 1. The van der Waals surface area contributed by atoms with Crippen molar-refractivity contribution >= 4 is 6.21 Å². The number of phenols is 1. The number of rotatable bonds is 5. The third-order valence-corrected chi connectivity index (χ3v) is 3.46. The van der Waals surface area contributed by atoms with Gasteiger partial charge in [0, 0.05) is 5.56 Å². The Bertz CT molecular complexity index is 550. The molecule has 1 saturated heterocycles. The number of benzene rings is 1. The van der Waals surface area contributed by atoms with Crippen LogP contribution in [0.25, 0.3) is 0 Å². The summed E-state index contributed by atoms with van der Waals surface area (Å²) in [5.41, 5.74) is 0.300. The van der Waals surface area contributed by atoms with E-state index in [9.17, 15) is 20.4 Å². The molecule has 128 valence electrons. The molecule has 0 amide bonds. The Morgan fingerprint density at radius 3 is 2.61 bits per heavy atom. The average Bonchev–Trinajstić information content (AvgIpc) is 2.56. The Balaban J connectivity index is 2.05. The van der Waals surface area contributed by atoms with Crippen molar-refractivity contribution in [2.45, 2.75) is 30.7 Å². The highest BCUT2D eigenvalue weighted by Gasteiger charge is 2.44. The van der Waals surface area contributed by atoms with Crippen LogP contribution in [-0.2, 0) is 9.57 Å². The first-order chi connectivity index (χ1) is 11.0. The van der Waals surface area contributed by atoms with E-state index in [0.29, 0.717) is 5.56 Å². The number of aromatic hydroxyl groups is 1. The van der Waals surface area contributed by atoms with Crippen LogP contribution < -0.4 is 4.74 Å². The third kappa shape index (κ3) is 3.71. The second-order valence-electron chi connectivity index (χ2n) is 4.94. The second kappa shape index (κ2) is 7.57. The minimum atomic E-state index is -1.55. The van der Waals surface area contributed by atoms with E-state index in [0.717, 1.165) is 0 Å². The summed E-state index contributed by atoms with van der Waals surface area (Å²) in [5, 5.41) is 51.5. The normalized spacial score (nSPS) is 31.3.